The molecule has 0 bridgehead atoms. The number of ether oxygens (including phenoxy) is 1. The van der Waals surface area contributed by atoms with Gasteiger partial charge in [-0.25, -0.2) is 0 Å². The van der Waals surface area contributed by atoms with Gasteiger partial charge in [-0.3, -0.25) is 0 Å². The summed E-state index contributed by atoms with van der Waals surface area (Å²) in [5.74, 6) is 1.31. The number of hydrogen-bond acceptors (Lipinski definition) is 3. The molecule has 0 fully saturated rings. The number of nitriles is 1. The van der Waals surface area contributed by atoms with Crippen molar-refractivity contribution in [2.75, 3.05) is 5.73 Å². The second kappa shape index (κ2) is 7.04. The molecule has 0 radical (unpaired) electrons. The number of rotatable bonds is 6. The summed E-state index contributed by atoms with van der Waals surface area (Å²) in [5, 5.41) is 9.28. The van der Waals surface area contributed by atoms with E-state index in [1.54, 1.807) is 6.07 Å². The molecule has 1 heterocycles. The van der Waals surface area contributed by atoms with Crippen LogP contribution >= 0.6 is 0 Å². The van der Waals surface area contributed by atoms with Crippen LogP contribution in [-0.2, 0) is 6.54 Å². The predicted octanol–water partition coefficient (Wildman–Crippen LogP) is 4.54. The molecule has 1 aromatic carbocycles. The van der Waals surface area contributed by atoms with Gasteiger partial charge in [-0.15, -0.1) is 0 Å². The molecule has 0 unspecified atom stereocenters. The maximum absolute atomic E-state index is 9.28. The molecular formula is C18H23N3O. The second-order valence-electron chi connectivity index (χ2n) is 5.61. The lowest BCUT2D eigenvalue weighted by Crippen LogP contribution is -2.04. The molecule has 0 spiro atoms. The van der Waals surface area contributed by atoms with Gasteiger partial charge in [0.05, 0.1) is 5.69 Å². The van der Waals surface area contributed by atoms with Crippen molar-refractivity contribution in [3.05, 3.63) is 41.1 Å². The molecular weight excluding hydrogens is 274 g/mol. The van der Waals surface area contributed by atoms with E-state index < -0.39 is 0 Å². The molecule has 0 aliphatic rings. The molecule has 0 saturated heterocycles. The number of nitrogen functional groups attached to an aromatic ring is 1. The number of hydrogen-bond donors (Lipinski definition) is 1. The molecule has 0 saturated carbocycles. The van der Waals surface area contributed by atoms with Crippen LogP contribution in [0.2, 0.25) is 0 Å². The maximum Gasteiger partial charge on any atom is 0.224 e. The summed E-state index contributed by atoms with van der Waals surface area (Å²) in [6, 6.07) is 9.82. The van der Waals surface area contributed by atoms with Gasteiger partial charge in [0.2, 0.25) is 5.88 Å². The first-order valence-corrected chi connectivity index (χ1v) is 7.71. The third-order valence-corrected chi connectivity index (χ3v) is 3.87. The van der Waals surface area contributed by atoms with Gasteiger partial charge in [-0.05, 0) is 43.5 Å². The highest BCUT2D eigenvalue weighted by Crippen LogP contribution is 2.32. The quantitative estimate of drug-likeness (QED) is 0.796. The minimum absolute atomic E-state index is 0.506. The van der Waals surface area contributed by atoms with Gasteiger partial charge in [0, 0.05) is 12.6 Å². The Bertz CT molecular complexity index is 695. The van der Waals surface area contributed by atoms with Crippen LogP contribution in [0, 0.1) is 25.2 Å². The number of aromatic nitrogens is 1. The average Bonchev–Trinajstić information content (AvgIpc) is 2.79. The van der Waals surface area contributed by atoms with E-state index in [1.807, 2.05) is 29.7 Å². The molecule has 4 heteroatoms. The largest absolute Gasteiger partial charge is 0.439 e. The zero-order valence-corrected chi connectivity index (χ0v) is 13.5. The maximum atomic E-state index is 9.28. The van der Waals surface area contributed by atoms with Crippen LogP contribution in [0.5, 0.6) is 11.6 Å². The smallest absolute Gasteiger partial charge is 0.224 e. The Morgan fingerprint density at radius 2 is 1.95 bits per heavy atom. The fourth-order valence-electron chi connectivity index (χ4n) is 2.39. The fourth-order valence-corrected chi connectivity index (χ4v) is 2.39. The number of unbranched alkanes of at least 4 members (excludes halogenated alkanes) is 2. The second-order valence-corrected chi connectivity index (χ2v) is 5.61. The average molecular weight is 297 g/mol. The third-order valence-electron chi connectivity index (χ3n) is 3.87. The summed E-state index contributed by atoms with van der Waals surface area (Å²) in [6.07, 6.45) is 3.25. The zero-order valence-electron chi connectivity index (χ0n) is 13.5. The monoisotopic (exact) mass is 297 g/mol. The van der Waals surface area contributed by atoms with E-state index in [0.29, 0.717) is 17.3 Å². The van der Waals surface area contributed by atoms with Crippen LogP contribution in [0.1, 0.15) is 43.0 Å². The van der Waals surface area contributed by atoms with Crippen LogP contribution in [-0.4, -0.2) is 4.57 Å². The highest BCUT2D eigenvalue weighted by molar-refractivity contribution is 5.56. The van der Waals surface area contributed by atoms with Crippen molar-refractivity contribution < 1.29 is 4.74 Å². The molecule has 22 heavy (non-hydrogen) atoms. The SMILES string of the molecule is CCCCCn1c(C#N)cc(N)c1Oc1ccc(C)c(C)c1. The Balaban J connectivity index is 2.30. The highest BCUT2D eigenvalue weighted by Gasteiger charge is 2.15. The van der Waals surface area contributed by atoms with E-state index in [1.165, 1.54) is 11.1 Å². The summed E-state index contributed by atoms with van der Waals surface area (Å²) in [6.45, 7) is 7.01. The predicted molar refractivity (Wildman–Crippen MR) is 89.1 cm³/mol. The Kier molecular flexibility index (Phi) is 5.11. The lowest BCUT2D eigenvalue weighted by Gasteiger charge is -2.13. The highest BCUT2D eigenvalue weighted by atomic mass is 16.5. The Hall–Kier alpha value is -2.41. The minimum Gasteiger partial charge on any atom is -0.439 e. The van der Waals surface area contributed by atoms with Gasteiger partial charge in [-0.2, -0.15) is 5.26 Å². The number of aryl methyl sites for hydroxylation is 2. The molecule has 0 amide bonds. The van der Waals surface area contributed by atoms with Crippen molar-refractivity contribution in [2.24, 2.45) is 0 Å². The number of nitrogens with two attached hydrogens (primary N) is 1. The van der Waals surface area contributed by atoms with Crippen LogP contribution in [0.15, 0.2) is 24.3 Å². The number of benzene rings is 1. The summed E-state index contributed by atoms with van der Waals surface area (Å²) >= 11 is 0. The van der Waals surface area contributed by atoms with Crippen LogP contribution in [0.3, 0.4) is 0 Å². The molecule has 0 aliphatic heterocycles. The molecule has 0 aliphatic carbocycles. The van der Waals surface area contributed by atoms with Crippen molar-refractivity contribution in [1.82, 2.24) is 4.57 Å². The van der Waals surface area contributed by atoms with Gasteiger partial charge >= 0.3 is 0 Å². The van der Waals surface area contributed by atoms with Gasteiger partial charge in [0.25, 0.3) is 0 Å². The summed E-state index contributed by atoms with van der Waals surface area (Å²) in [4.78, 5) is 0. The number of nitrogens with zero attached hydrogens (tertiary/aromatic N) is 2. The fraction of sp³-hybridized carbons (Fsp3) is 0.389. The van der Waals surface area contributed by atoms with Crippen molar-refractivity contribution in [2.45, 2.75) is 46.6 Å². The summed E-state index contributed by atoms with van der Waals surface area (Å²) in [7, 11) is 0. The standard InChI is InChI=1S/C18H23N3O/c1-4-5-6-9-21-15(12-19)11-17(20)18(21)22-16-8-7-13(2)14(3)10-16/h7-8,10-11H,4-6,9,20H2,1-3H3. The summed E-state index contributed by atoms with van der Waals surface area (Å²) < 4.78 is 7.85. The molecule has 2 aromatic rings. The Labute approximate surface area is 132 Å². The van der Waals surface area contributed by atoms with Gasteiger partial charge in [-0.1, -0.05) is 25.8 Å². The van der Waals surface area contributed by atoms with E-state index >= 15 is 0 Å². The van der Waals surface area contributed by atoms with E-state index in [9.17, 15) is 5.26 Å². The zero-order chi connectivity index (χ0) is 16.1. The van der Waals surface area contributed by atoms with Crippen LogP contribution < -0.4 is 10.5 Å². The van der Waals surface area contributed by atoms with Crippen molar-refractivity contribution in [3.8, 4) is 17.7 Å². The molecule has 4 nitrogen and oxygen atoms in total. The van der Waals surface area contributed by atoms with Crippen molar-refractivity contribution in [3.63, 3.8) is 0 Å². The van der Waals surface area contributed by atoms with Gasteiger partial charge in [0.15, 0.2) is 0 Å². The molecule has 2 rings (SSSR count). The lowest BCUT2D eigenvalue weighted by atomic mass is 10.1. The first-order chi connectivity index (χ1) is 10.6. The number of anilines is 1. The van der Waals surface area contributed by atoms with Crippen molar-refractivity contribution >= 4 is 5.69 Å². The molecule has 2 N–H and O–H groups in total. The van der Waals surface area contributed by atoms with E-state index in [0.717, 1.165) is 31.6 Å². The van der Waals surface area contributed by atoms with E-state index in [-0.39, 0.29) is 0 Å². The molecule has 1 aromatic heterocycles. The van der Waals surface area contributed by atoms with Gasteiger partial charge < -0.3 is 15.0 Å². The minimum atomic E-state index is 0.506. The third kappa shape index (κ3) is 3.43. The normalized spacial score (nSPS) is 10.5. The molecule has 116 valence electrons. The van der Waals surface area contributed by atoms with Crippen molar-refractivity contribution in [1.29, 1.82) is 5.26 Å². The first-order valence-electron chi connectivity index (χ1n) is 7.71. The first kappa shape index (κ1) is 16.0. The van der Waals surface area contributed by atoms with Crippen LogP contribution in [0.4, 0.5) is 5.69 Å². The van der Waals surface area contributed by atoms with Gasteiger partial charge in [0.1, 0.15) is 17.5 Å². The van der Waals surface area contributed by atoms with E-state index in [2.05, 4.69) is 19.9 Å². The topological polar surface area (TPSA) is 64.0 Å². The van der Waals surface area contributed by atoms with E-state index in [4.69, 9.17) is 10.5 Å². The molecule has 0 atom stereocenters. The van der Waals surface area contributed by atoms with Crippen LogP contribution in [0.25, 0.3) is 0 Å². The lowest BCUT2D eigenvalue weighted by molar-refractivity contribution is 0.422. The Morgan fingerprint density at radius 1 is 1.18 bits per heavy atom. The Morgan fingerprint density at radius 3 is 2.59 bits per heavy atom. The summed E-state index contributed by atoms with van der Waals surface area (Å²) in [5.41, 5.74) is 9.48.